The molecule has 47 heavy (non-hydrogen) atoms. The number of nitrogens with zero attached hydrogens (tertiary/aromatic N) is 3. The van der Waals surface area contributed by atoms with Gasteiger partial charge in [-0.2, -0.15) is 0 Å². The first-order valence-corrected chi connectivity index (χ1v) is 15.9. The Bertz CT molecular complexity index is 2420. The molecule has 6 aromatic carbocycles. The van der Waals surface area contributed by atoms with Gasteiger partial charge in [-0.15, -0.1) is 0 Å². The van der Waals surface area contributed by atoms with Gasteiger partial charge in [0.15, 0.2) is 0 Å². The summed E-state index contributed by atoms with van der Waals surface area (Å²) in [6, 6.07) is 58.4. The van der Waals surface area contributed by atoms with Crippen LogP contribution in [0.1, 0.15) is 0 Å². The van der Waals surface area contributed by atoms with E-state index in [1.165, 1.54) is 49.4 Å². The fraction of sp³-hybridized carbons (Fsp3) is 0. The first kappa shape index (κ1) is 27.0. The molecule has 0 aliphatic rings. The van der Waals surface area contributed by atoms with Crippen molar-refractivity contribution in [1.29, 1.82) is 0 Å². The van der Waals surface area contributed by atoms with Crippen molar-refractivity contribution in [3.8, 4) is 50.5 Å². The average Bonchev–Trinajstić information content (AvgIpc) is 3.48. The molecule has 0 radical (unpaired) electrons. The second kappa shape index (κ2) is 11.2. The number of pyridine rings is 2. The molecule has 0 amide bonds. The summed E-state index contributed by atoms with van der Waals surface area (Å²) >= 11 is 0. The molecule has 0 saturated carbocycles. The average molecular weight is 600 g/mol. The molecule has 9 rings (SSSR count). The van der Waals surface area contributed by atoms with Crippen LogP contribution in [0.5, 0.6) is 0 Å². The molecule has 3 aromatic heterocycles. The fourth-order valence-corrected chi connectivity index (χ4v) is 6.82. The van der Waals surface area contributed by atoms with Crippen molar-refractivity contribution < 1.29 is 0 Å². The van der Waals surface area contributed by atoms with E-state index in [4.69, 9.17) is 0 Å². The summed E-state index contributed by atoms with van der Waals surface area (Å²) in [6.45, 7) is 0. The summed E-state index contributed by atoms with van der Waals surface area (Å²) in [6.07, 6.45) is 3.69. The van der Waals surface area contributed by atoms with Crippen LogP contribution in [0.25, 0.3) is 83.0 Å². The van der Waals surface area contributed by atoms with E-state index in [-0.39, 0.29) is 0 Å². The molecule has 220 valence electrons. The molecule has 0 N–H and O–H groups in total. The van der Waals surface area contributed by atoms with Crippen LogP contribution >= 0.6 is 0 Å². The molecule has 0 aliphatic heterocycles. The van der Waals surface area contributed by atoms with Gasteiger partial charge in [-0.1, -0.05) is 109 Å². The van der Waals surface area contributed by atoms with Crippen molar-refractivity contribution in [1.82, 2.24) is 14.5 Å². The van der Waals surface area contributed by atoms with E-state index in [0.29, 0.717) is 0 Å². The summed E-state index contributed by atoms with van der Waals surface area (Å²) in [7, 11) is 0. The lowest BCUT2D eigenvalue weighted by Crippen LogP contribution is -1.96. The lowest BCUT2D eigenvalue weighted by Gasteiger charge is -2.13. The summed E-state index contributed by atoms with van der Waals surface area (Å²) in [4.78, 5) is 9.19. The molecule has 3 heterocycles. The topological polar surface area (TPSA) is 30.7 Å². The number of hydrogen-bond donors (Lipinski definition) is 0. The molecule has 0 atom stereocenters. The Morgan fingerprint density at radius 3 is 1.40 bits per heavy atom. The van der Waals surface area contributed by atoms with Crippen LogP contribution in [0.3, 0.4) is 0 Å². The van der Waals surface area contributed by atoms with E-state index in [0.717, 1.165) is 33.6 Å². The fourth-order valence-electron chi connectivity index (χ4n) is 6.82. The minimum Gasteiger partial charge on any atom is -0.309 e. The zero-order chi connectivity index (χ0) is 31.2. The molecule has 9 aromatic rings. The monoisotopic (exact) mass is 599 g/mol. The van der Waals surface area contributed by atoms with Crippen molar-refractivity contribution in [3.63, 3.8) is 0 Å². The Kier molecular flexibility index (Phi) is 6.46. The second-order valence-corrected chi connectivity index (χ2v) is 11.9. The minimum atomic E-state index is 0.972. The van der Waals surface area contributed by atoms with Crippen LogP contribution < -0.4 is 0 Å². The number of aromatic nitrogens is 3. The highest BCUT2D eigenvalue weighted by molar-refractivity contribution is 6.12. The third-order valence-electron chi connectivity index (χ3n) is 9.09. The molecule has 0 unspecified atom stereocenters. The Balaban J connectivity index is 1.28. The number of rotatable bonds is 5. The third-order valence-corrected chi connectivity index (χ3v) is 9.09. The Morgan fingerprint density at radius 2 is 0.830 bits per heavy atom. The normalized spacial score (nSPS) is 11.4. The third kappa shape index (κ3) is 4.77. The number of fused-ring (bicyclic) bond motifs is 4. The van der Waals surface area contributed by atoms with Crippen molar-refractivity contribution >= 4 is 32.6 Å². The van der Waals surface area contributed by atoms with E-state index in [2.05, 4.69) is 154 Å². The van der Waals surface area contributed by atoms with Crippen molar-refractivity contribution in [2.24, 2.45) is 0 Å². The maximum Gasteiger partial charge on any atom is 0.0702 e. The molecular weight excluding hydrogens is 571 g/mol. The van der Waals surface area contributed by atoms with Crippen molar-refractivity contribution in [2.75, 3.05) is 0 Å². The van der Waals surface area contributed by atoms with Gasteiger partial charge in [0.05, 0.1) is 28.1 Å². The van der Waals surface area contributed by atoms with Gasteiger partial charge in [-0.25, -0.2) is 0 Å². The zero-order valence-electron chi connectivity index (χ0n) is 25.6. The lowest BCUT2D eigenvalue weighted by atomic mass is 9.99. The SMILES string of the molecule is c1ccc(-c2cccc(-c3ccc4c5ccc(-c6cccc(-c7ccccn7)c6)cc5n(-c5cccc6ccccc56)c4c3)c2)nc1. The molecule has 0 bridgehead atoms. The molecule has 0 spiro atoms. The van der Waals surface area contributed by atoms with Gasteiger partial charge in [0, 0.05) is 39.7 Å². The van der Waals surface area contributed by atoms with E-state index < -0.39 is 0 Å². The Morgan fingerprint density at radius 1 is 0.340 bits per heavy atom. The molecule has 3 nitrogen and oxygen atoms in total. The smallest absolute Gasteiger partial charge is 0.0702 e. The highest BCUT2D eigenvalue weighted by Gasteiger charge is 2.17. The van der Waals surface area contributed by atoms with Crippen LogP contribution in [-0.4, -0.2) is 14.5 Å². The first-order chi connectivity index (χ1) is 23.3. The summed E-state index contributed by atoms with van der Waals surface area (Å²) < 4.78 is 2.45. The standard InChI is InChI=1S/C44H29N3/c1-2-16-37-30(10-1)11-9-19-42(37)47-43-28-33(31-12-7-14-35(26-31)40-17-3-5-24-45-40)20-22-38(43)39-23-21-34(29-44(39)47)32-13-8-15-36(27-32)41-18-4-6-25-46-41/h1-29H. The first-order valence-electron chi connectivity index (χ1n) is 15.9. The Labute approximate surface area is 273 Å². The van der Waals surface area contributed by atoms with Gasteiger partial charge in [-0.3, -0.25) is 9.97 Å². The van der Waals surface area contributed by atoms with Gasteiger partial charge in [0.25, 0.3) is 0 Å². The quantitative estimate of drug-likeness (QED) is 0.197. The van der Waals surface area contributed by atoms with Gasteiger partial charge in [0.2, 0.25) is 0 Å². The van der Waals surface area contributed by atoms with Crippen molar-refractivity contribution in [2.45, 2.75) is 0 Å². The maximum absolute atomic E-state index is 4.59. The highest BCUT2D eigenvalue weighted by atomic mass is 15.0. The summed E-state index contributed by atoms with van der Waals surface area (Å²) in [5, 5.41) is 4.90. The van der Waals surface area contributed by atoms with Gasteiger partial charge in [-0.05, 0) is 82.2 Å². The van der Waals surface area contributed by atoms with Gasteiger partial charge < -0.3 is 4.57 Å². The van der Waals surface area contributed by atoms with E-state index in [1.807, 2.05) is 36.7 Å². The van der Waals surface area contributed by atoms with E-state index in [9.17, 15) is 0 Å². The predicted molar refractivity (Wildman–Crippen MR) is 196 cm³/mol. The highest BCUT2D eigenvalue weighted by Crippen LogP contribution is 2.39. The number of benzene rings is 6. The van der Waals surface area contributed by atoms with Crippen LogP contribution in [0.4, 0.5) is 0 Å². The van der Waals surface area contributed by atoms with Crippen LogP contribution in [-0.2, 0) is 0 Å². The van der Waals surface area contributed by atoms with Gasteiger partial charge >= 0.3 is 0 Å². The van der Waals surface area contributed by atoms with Crippen LogP contribution in [0.15, 0.2) is 176 Å². The molecular formula is C44H29N3. The summed E-state index contributed by atoms with van der Waals surface area (Å²) in [5.41, 5.74) is 12.3. The van der Waals surface area contributed by atoms with Gasteiger partial charge in [0.1, 0.15) is 0 Å². The van der Waals surface area contributed by atoms with Crippen LogP contribution in [0.2, 0.25) is 0 Å². The zero-order valence-corrected chi connectivity index (χ0v) is 25.6. The number of hydrogen-bond acceptors (Lipinski definition) is 2. The maximum atomic E-state index is 4.59. The van der Waals surface area contributed by atoms with E-state index in [1.54, 1.807) is 0 Å². The largest absolute Gasteiger partial charge is 0.309 e. The molecule has 0 fully saturated rings. The Hall–Kier alpha value is -6.32. The van der Waals surface area contributed by atoms with Crippen LogP contribution in [0, 0.1) is 0 Å². The minimum absolute atomic E-state index is 0.972. The lowest BCUT2D eigenvalue weighted by molar-refractivity contribution is 1.20. The molecule has 3 heteroatoms. The molecule has 0 saturated heterocycles. The second-order valence-electron chi connectivity index (χ2n) is 11.9. The van der Waals surface area contributed by atoms with Crippen molar-refractivity contribution in [3.05, 3.63) is 176 Å². The summed E-state index contributed by atoms with van der Waals surface area (Å²) in [5.74, 6) is 0. The molecule has 0 aliphatic carbocycles. The van der Waals surface area contributed by atoms with E-state index >= 15 is 0 Å². The predicted octanol–water partition coefficient (Wildman–Crippen LogP) is 11.4.